The maximum absolute atomic E-state index is 11.8. The maximum Gasteiger partial charge on any atom is 0.253 e. The molecule has 1 N–H and O–H groups in total. The Labute approximate surface area is 102 Å². The fourth-order valence-corrected chi connectivity index (χ4v) is 1.96. The van der Waals surface area contributed by atoms with Crippen LogP contribution < -0.4 is 5.32 Å². The molecule has 0 saturated heterocycles. The summed E-state index contributed by atoms with van der Waals surface area (Å²) in [5.74, 6) is -0.0804. The number of halogens is 2. The molecule has 1 aromatic rings. The van der Waals surface area contributed by atoms with E-state index in [-0.39, 0.29) is 5.91 Å². The maximum atomic E-state index is 11.8. The summed E-state index contributed by atoms with van der Waals surface area (Å²) in [6.45, 7) is 1.94. The van der Waals surface area contributed by atoms with Gasteiger partial charge in [-0.15, -0.1) is 0 Å². The van der Waals surface area contributed by atoms with Crippen LogP contribution in [0, 0.1) is 6.92 Å². The van der Waals surface area contributed by atoms with Crippen molar-refractivity contribution in [1.29, 1.82) is 0 Å². The van der Waals surface area contributed by atoms with Crippen molar-refractivity contribution in [1.82, 2.24) is 5.32 Å². The molecule has 2 rings (SSSR count). The molecule has 15 heavy (non-hydrogen) atoms. The Kier molecular flexibility index (Phi) is 3.03. The molecule has 1 aliphatic rings. The number of benzene rings is 1. The second-order valence-corrected chi connectivity index (χ2v) is 5.09. The van der Waals surface area contributed by atoms with Crippen LogP contribution >= 0.6 is 27.5 Å². The standard InChI is InChI=1S/C11H11BrClNO/c1-6-4-10(13)8(5-9(6)12)11(15)14-7-2-3-7/h4-5,7H,2-3H2,1H3,(H,14,15). The average Bonchev–Trinajstić information content (AvgIpc) is 2.95. The van der Waals surface area contributed by atoms with Crippen LogP contribution in [-0.4, -0.2) is 11.9 Å². The van der Waals surface area contributed by atoms with Crippen molar-refractivity contribution in [2.45, 2.75) is 25.8 Å². The third kappa shape index (κ3) is 2.52. The summed E-state index contributed by atoms with van der Waals surface area (Å²) >= 11 is 9.41. The molecule has 0 spiro atoms. The summed E-state index contributed by atoms with van der Waals surface area (Å²) in [6.07, 6.45) is 2.16. The molecular formula is C11H11BrClNO. The van der Waals surface area contributed by atoms with Gasteiger partial charge in [-0.25, -0.2) is 0 Å². The van der Waals surface area contributed by atoms with Crippen LogP contribution in [-0.2, 0) is 0 Å². The van der Waals surface area contributed by atoms with E-state index in [2.05, 4.69) is 21.2 Å². The van der Waals surface area contributed by atoms with E-state index in [1.165, 1.54) is 0 Å². The Hall–Kier alpha value is -0.540. The predicted octanol–water partition coefficient (Wildman–Crippen LogP) is 3.30. The number of hydrogen-bond acceptors (Lipinski definition) is 1. The van der Waals surface area contributed by atoms with E-state index in [9.17, 15) is 4.79 Å². The minimum atomic E-state index is -0.0804. The van der Waals surface area contributed by atoms with Gasteiger partial charge in [0.25, 0.3) is 5.91 Å². The van der Waals surface area contributed by atoms with Crippen molar-refractivity contribution in [3.05, 3.63) is 32.8 Å². The summed E-state index contributed by atoms with van der Waals surface area (Å²) in [7, 11) is 0. The second-order valence-electron chi connectivity index (χ2n) is 3.83. The largest absolute Gasteiger partial charge is 0.349 e. The number of aryl methyl sites for hydroxylation is 1. The van der Waals surface area contributed by atoms with Crippen molar-refractivity contribution < 1.29 is 4.79 Å². The van der Waals surface area contributed by atoms with E-state index in [4.69, 9.17) is 11.6 Å². The normalized spacial score (nSPS) is 15.1. The third-order valence-corrected chi connectivity index (χ3v) is 3.57. The lowest BCUT2D eigenvalue weighted by atomic mass is 10.1. The van der Waals surface area contributed by atoms with Gasteiger partial charge in [0.2, 0.25) is 0 Å². The molecule has 1 aliphatic carbocycles. The summed E-state index contributed by atoms with van der Waals surface area (Å²) < 4.78 is 0.910. The quantitative estimate of drug-likeness (QED) is 0.889. The van der Waals surface area contributed by atoms with Crippen LogP contribution in [0.1, 0.15) is 28.8 Å². The average molecular weight is 289 g/mol. The van der Waals surface area contributed by atoms with Gasteiger partial charge in [0.15, 0.2) is 0 Å². The second kappa shape index (κ2) is 4.14. The van der Waals surface area contributed by atoms with Crippen LogP contribution in [0.4, 0.5) is 0 Å². The zero-order valence-corrected chi connectivity index (χ0v) is 10.7. The number of carbonyl (C=O) groups excluding carboxylic acids is 1. The highest BCUT2D eigenvalue weighted by Gasteiger charge is 2.24. The Morgan fingerprint density at radius 3 is 2.80 bits per heavy atom. The fraction of sp³-hybridized carbons (Fsp3) is 0.364. The van der Waals surface area contributed by atoms with E-state index in [0.29, 0.717) is 16.6 Å². The Morgan fingerprint density at radius 1 is 1.53 bits per heavy atom. The molecule has 0 aliphatic heterocycles. The van der Waals surface area contributed by atoms with Gasteiger partial charge in [-0.1, -0.05) is 27.5 Å². The molecular weight excluding hydrogens is 277 g/mol. The summed E-state index contributed by atoms with van der Waals surface area (Å²) in [4.78, 5) is 11.8. The first kappa shape index (κ1) is 11.0. The molecule has 1 aromatic carbocycles. The van der Waals surface area contributed by atoms with Crippen LogP contribution in [0.25, 0.3) is 0 Å². The molecule has 0 atom stereocenters. The highest BCUT2D eigenvalue weighted by atomic mass is 79.9. The number of hydrogen-bond donors (Lipinski definition) is 1. The predicted molar refractivity (Wildman–Crippen MR) is 64.4 cm³/mol. The van der Waals surface area contributed by atoms with Gasteiger partial charge in [-0.2, -0.15) is 0 Å². The van der Waals surface area contributed by atoms with Crippen molar-refractivity contribution in [3.63, 3.8) is 0 Å². The van der Waals surface area contributed by atoms with E-state index < -0.39 is 0 Å². The van der Waals surface area contributed by atoms with Gasteiger partial charge in [-0.05, 0) is 37.5 Å². The smallest absolute Gasteiger partial charge is 0.253 e. The number of carbonyl (C=O) groups is 1. The van der Waals surface area contributed by atoms with Gasteiger partial charge >= 0.3 is 0 Å². The molecule has 0 heterocycles. The molecule has 4 heteroatoms. The third-order valence-electron chi connectivity index (χ3n) is 2.41. The molecule has 1 fully saturated rings. The first-order valence-corrected chi connectivity index (χ1v) is 6.01. The highest BCUT2D eigenvalue weighted by molar-refractivity contribution is 9.10. The van der Waals surface area contributed by atoms with E-state index >= 15 is 0 Å². The van der Waals surface area contributed by atoms with Gasteiger partial charge in [0.05, 0.1) is 10.6 Å². The summed E-state index contributed by atoms with van der Waals surface area (Å²) in [6, 6.07) is 3.93. The van der Waals surface area contributed by atoms with Crippen LogP contribution in [0.5, 0.6) is 0 Å². The van der Waals surface area contributed by atoms with Gasteiger partial charge in [0.1, 0.15) is 0 Å². The van der Waals surface area contributed by atoms with Gasteiger partial charge in [-0.3, -0.25) is 4.79 Å². The molecule has 0 bridgehead atoms. The fourth-order valence-electron chi connectivity index (χ4n) is 1.31. The van der Waals surface area contributed by atoms with Gasteiger partial charge in [0, 0.05) is 10.5 Å². The number of amides is 1. The number of rotatable bonds is 2. The lowest BCUT2D eigenvalue weighted by Crippen LogP contribution is -2.25. The highest BCUT2D eigenvalue weighted by Crippen LogP contribution is 2.26. The SMILES string of the molecule is Cc1cc(Cl)c(C(=O)NC2CC2)cc1Br. The van der Waals surface area contributed by atoms with Crippen molar-refractivity contribution in [3.8, 4) is 0 Å². The zero-order valence-electron chi connectivity index (χ0n) is 8.31. The Morgan fingerprint density at radius 2 is 2.20 bits per heavy atom. The molecule has 80 valence electrons. The lowest BCUT2D eigenvalue weighted by Gasteiger charge is -2.07. The molecule has 0 aromatic heterocycles. The van der Waals surface area contributed by atoms with Crippen molar-refractivity contribution >= 4 is 33.4 Å². The van der Waals surface area contributed by atoms with Crippen molar-refractivity contribution in [2.24, 2.45) is 0 Å². The zero-order chi connectivity index (χ0) is 11.0. The minimum absolute atomic E-state index is 0.0804. The topological polar surface area (TPSA) is 29.1 Å². The Balaban J connectivity index is 2.25. The molecule has 0 radical (unpaired) electrons. The van der Waals surface area contributed by atoms with E-state index in [1.54, 1.807) is 12.1 Å². The molecule has 0 unspecified atom stereocenters. The molecule has 1 saturated carbocycles. The first-order chi connectivity index (χ1) is 7.08. The molecule has 2 nitrogen and oxygen atoms in total. The first-order valence-electron chi connectivity index (χ1n) is 4.84. The van der Waals surface area contributed by atoms with Crippen molar-refractivity contribution in [2.75, 3.05) is 0 Å². The van der Waals surface area contributed by atoms with E-state index in [0.717, 1.165) is 22.9 Å². The van der Waals surface area contributed by atoms with Crippen LogP contribution in [0.3, 0.4) is 0 Å². The molecule has 1 amide bonds. The number of nitrogens with one attached hydrogen (secondary N) is 1. The monoisotopic (exact) mass is 287 g/mol. The van der Waals surface area contributed by atoms with Crippen LogP contribution in [0.2, 0.25) is 5.02 Å². The van der Waals surface area contributed by atoms with Gasteiger partial charge < -0.3 is 5.32 Å². The summed E-state index contributed by atoms with van der Waals surface area (Å²) in [5, 5.41) is 3.42. The van der Waals surface area contributed by atoms with E-state index in [1.807, 2.05) is 6.92 Å². The lowest BCUT2D eigenvalue weighted by molar-refractivity contribution is 0.0951. The summed E-state index contributed by atoms with van der Waals surface area (Å²) in [5.41, 5.74) is 1.57. The van der Waals surface area contributed by atoms with Crippen LogP contribution in [0.15, 0.2) is 16.6 Å². The Bertz CT molecular complexity index is 415. The minimum Gasteiger partial charge on any atom is -0.349 e.